The summed E-state index contributed by atoms with van der Waals surface area (Å²) < 4.78 is 15.1. The highest BCUT2D eigenvalue weighted by molar-refractivity contribution is 5.72. The van der Waals surface area contributed by atoms with Crippen LogP contribution in [0.3, 0.4) is 0 Å². The maximum atomic E-state index is 11.9. The van der Waals surface area contributed by atoms with E-state index in [2.05, 4.69) is 36.7 Å². The molecule has 0 heterocycles. The van der Waals surface area contributed by atoms with Crippen LogP contribution in [-0.2, 0) is 28.6 Å². The number of carbonyl (C=O) groups excluding carboxylic acids is 3. The van der Waals surface area contributed by atoms with E-state index in [0.29, 0.717) is 19.8 Å². The Kier molecular flexibility index (Phi) is 11.9. The number of nitrogens with one attached hydrogen (secondary N) is 3. The quantitative estimate of drug-likeness (QED) is 0.301. The fraction of sp³-hybridized carbons (Fsp3) is 0.857. The van der Waals surface area contributed by atoms with Gasteiger partial charge in [-0.3, -0.25) is 14.4 Å². The molecular weight excluding hydrogens is 390 g/mol. The van der Waals surface area contributed by atoms with Gasteiger partial charge in [-0.2, -0.15) is 0 Å². The zero-order valence-electron chi connectivity index (χ0n) is 19.2. The molecule has 0 unspecified atom stereocenters. The highest BCUT2D eigenvalue weighted by atomic mass is 16.5. The van der Waals surface area contributed by atoms with Crippen molar-refractivity contribution in [2.75, 3.05) is 39.5 Å². The van der Waals surface area contributed by atoms with E-state index in [-0.39, 0.29) is 73.4 Å². The number of ether oxygens (including phenoxy) is 3. The van der Waals surface area contributed by atoms with Gasteiger partial charge in [0.25, 0.3) is 0 Å². The maximum Gasteiger partial charge on any atom is 0.319 e. The van der Waals surface area contributed by atoms with E-state index in [9.17, 15) is 14.4 Å². The molecule has 1 saturated carbocycles. The summed E-state index contributed by atoms with van der Waals surface area (Å²) in [5.74, 6) is -0.536. The van der Waals surface area contributed by atoms with Crippen molar-refractivity contribution in [1.82, 2.24) is 16.0 Å². The smallest absolute Gasteiger partial charge is 0.319 e. The summed E-state index contributed by atoms with van der Waals surface area (Å²) in [7, 11) is 0. The first kappa shape index (κ1) is 26.3. The maximum absolute atomic E-state index is 11.9. The fourth-order valence-electron chi connectivity index (χ4n) is 4.46. The van der Waals surface area contributed by atoms with Crippen molar-refractivity contribution in [2.24, 2.45) is 17.8 Å². The highest BCUT2D eigenvalue weighted by Gasteiger charge is 2.45. The highest BCUT2D eigenvalue weighted by Crippen LogP contribution is 2.34. The standard InChI is InChI=1S/C21H39N3O6/c1-7-28-16(25)10-22-19-13(4)20(23-11-17(26)29-8-2)15(6)21(14(19)5)24-12-18(27)30-9-3/h13-15,19-24H,7-12H2,1-6H3. The van der Waals surface area contributed by atoms with Crippen LogP contribution in [0.15, 0.2) is 0 Å². The minimum Gasteiger partial charge on any atom is -0.465 e. The lowest BCUT2D eigenvalue weighted by molar-refractivity contribution is -0.142. The van der Waals surface area contributed by atoms with Crippen molar-refractivity contribution in [3.63, 3.8) is 0 Å². The fourth-order valence-corrected chi connectivity index (χ4v) is 4.46. The molecule has 0 aromatic carbocycles. The number of hydrogen-bond acceptors (Lipinski definition) is 9. The SMILES string of the molecule is CCOC(=O)CNC1C(C)C(NCC(=O)OCC)C(C)C(NCC(=O)OCC)C1C. The molecule has 0 atom stereocenters. The van der Waals surface area contributed by atoms with Gasteiger partial charge >= 0.3 is 17.9 Å². The van der Waals surface area contributed by atoms with Crippen LogP contribution in [0.25, 0.3) is 0 Å². The van der Waals surface area contributed by atoms with Gasteiger partial charge in [0.15, 0.2) is 0 Å². The predicted octanol–water partition coefficient (Wildman–Crippen LogP) is 0.472. The van der Waals surface area contributed by atoms with Crippen LogP contribution < -0.4 is 16.0 Å². The molecule has 0 spiro atoms. The average Bonchev–Trinajstić information content (AvgIpc) is 2.68. The number of rotatable bonds is 12. The summed E-state index contributed by atoms with van der Waals surface area (Å²) >= 11 is 0. The summed E-state index contributed by atoms with van der Waals surface area (Å²) in [6.45, 7) is 12.9. The molecule has 0 radical (unpaired) electrons. The molecule has 0 aromatic heterocycles. The first-order valence-corrected chi connectivity index (χ1v) is 10.9. The normalized spacial score (nSPS) is 28.6. The average molecular weight is 430 g/mol. The Morgan fingerprint density at radius 1 is 0.567 bits per heavy atom. The third-order valence-electron chi connectivity index (χ3n) is 5.76. The molecule has 1 rings (SSSR count). The number of hydrogen-bond donors (Lipinski definition) is 3. The molecule has 9 heteroatoms. The predicted molar refractivity (Wildman–Crippen MR) is 113 cm³/mol. The molecule has 9 nitrogen and oxygen atoms in total. The molecule has 3 N–H and O–H groups in total. The van der Waals surface area contributed by atoms with E-state index in [0.717, 1.165) is 0 Å². The zero-order valence-corrected chi connectivity index (χ0v) is 19.2. The van der Waals surface area contributed by atoms with Crippen molar-refractivity contribution in [3.8, 4) is 0 Å². The Bertz CT molecular complexity index is 471. The Hall–Kier alpha value is -1.71. The van der Waals surface area contributed by atoms with Crippen LogP contribution >= 0.6 is 0 Å². The van der Waals surface area contributed by atoms with Crippen LogP contribution in [0.4, 0.5) is 0 Å². The Morgan fingerprint density at radius 3 is 1.00 bits per heavy atom. The van der Waals surface area contributed by atoms with Crippen LogP contribution in [0, 0.1) is 17.8 Å². The Balaban J connectivity index is 2.92. The van der Waals surface area contributed by atoms with Crippen LogP contribution in [-0.4, -0.2) is 75.5 Å². The Labute approximate surface area is 180 Å². The van der Waals surface area contributed by atoms with Gasteiger partial charge in [0, 0.05) is 18.1 Å². The van der Waals surface area contributed by atoms with Gasteiger partial charge in [0.05, 0.1) is 39.5 Å². The molecule has 1 aliphatic rings. The van der Waals surface area contributed by atoms with Gasteiger partial charge in [-0.05, 0) is 38.5 Å². The van der Waals surface area contributed by atoms with Gasteiger partial charge in [-0.15, -0.1) is 0 Å². The van der Waals surface area contributed by atoms with Gasteiger partial charge < -0.3 is 30.2 Å². The van der Waals surface area contributed by atoms with Gasteiger partial charge in [0.2, 0.25) is 0 Å². The van der Waals surface area contributed by atoms with Gasteiger partial charge in [-0.25, -0.2) is 0 Å². The summed E-state index contributed by atoms with van der Waals surface area (Å²) in [6.07, 6.45) is 0. The molecule has 174 valence electrons. The third kappa shape index (κ3) is 7.85. The summed E-state index contributed by atoms with van der Waals surface area (Å²) in [5.41, 5.74) is 0. The number of esters is 3. The van der Waals surface area contributed by atoms with E-state index in [4.69, 9.17) is 14.2 Å². The van der Waals surface area contributed by atoms with Crippen molar-refractivity contribution >= 4 is 17.9 Å². The number of carbonyl (C=O) groups is 3. The van der Waals surface area contributed by atoms with E-state index >= 15 is 0 Å². The lowest BCUT2D eigenvalue weighted by Gasteiger charge is -2.50. The largest absolute Gasteiger partial charge is 0.465 e. The lowest BCUT2D eigenvalue weighted by Crippen LogP contribution is -2.65. The first-order valence-electron chi connectivity index (χ1n) is 10.9. The molecule has 0 amide bonds. The van der Waals surface area contributed by atoms with Crippen molar-refractivity contribution in [3.05, 3.63) is 0 Å². The summed E-state index contributed by atoms with van der Waals surface area (Å²) in [4.78, 5) is 35.6. The molecule has 1 aliphatic carbocycles. The lowest BCUT2D eigenvalue weighted by atomic mass is 9.67. The minimum absolute atomic E-state index is 0.0232. The van der Waals surface area contributed by atoms with E-state index in [1.54, 1.807) is 20.8 Å². The van der Waals surface area contributed by atoms with Crippen LogP contribution in [0.2, 0.25) is 0 Å². The van der Waals surface area contributed by atoms with Crippen molar-refractivity contribution in [2.45, 2.75) is 59.7 Å². The van der Waals surface area contributed by atoms with E-state index in [1.165, 1.54) is 0 Å². The summed E-state index contributed by atoms with van der Waals surface area (Å²) in [6, 6.07) is -0.0695. The molecule has 30 heavy (non-hydrogen) atoms. The Morgan fingerprint density at radius 2 is 0.800 bits per heavy atom. The zero-order chi connectivity index (χ0) is 22.7. The second-order valence-corrected chi connectivity index (χ2v) is 7.71. The minimum atomic E-state index is -0.303. The third-order valence-corrected chi connectivity index (χ3v) is 5.76. The van der Waals surface area contributed by atoms with E-state index < -0.39 is 0 Å². The van der Waals surface area contributed by atoms with E-state index in [1.807, 2.05) is 0 Å². The molecule has 0 aliphatic heterocycles. The van der Waals surface area contributed by atoms with Crippen molar-refractivity contribution < 1.29 is 28.6 Å². The second-order valence-electron chi connectivity index (χ2n) is 7.71. The van der Waals surface area contributed by atoms with Crippen molar-refractivity contribution in [1.29, 1.82) is 0 Å². The van der Waals surface area contributed by atoms with Crippen LogP contribution in [0.5, 0.6) is 0 Å². The van der Waals surface area contributed by atoms with Crippen LogP contribution in [0.1, 0.15) is 41.5 Å². The van der Waals surface area contributed by atoms with Gasteiger partial charge in [0.1, 0.15) is 0 Å². The topological polar surface area (TPSA) is 115 Å². The second kappa shape index (κ2) is 13.6. The monoisotopic (exact) mass is 429 g/mol. The first-order chi connectivity index (χ1) is 14.3. The van der Waals surface area contributed by atoms with Gasteiger partial charge in [-0.1, -0.05) is 20.8 Å². The molecule has 0 bridgehead atoms. The summed E-state index contributed by atoms with van der Waals surface area (Å²) in [5, 5.41) is 9.97. The molecule has 0 aromatic rings. The molecule has 1 fully saturated rings. The molecular formula is C21H39N3O6. The molecule has 0 saturated heterocycles.